The molecule has 0 aliphatic heterocycles. The molecule has 0 atom stereocenters. The summed E-state index contributed by atoms with van der Waals surface area (Å²) in [7, 11) is 6.51. The topological polar surface area (TPSA) is 62.9 Å². The molecule has 0 aromatic heterocycles. The fourth-order valence-electron chi connectivity index (χ4n) is 3.74. The van der Waals surface area contributed by atoms with Crippen LogP contribution in [0.3, 0.4) is 0 Å². The van der Waals surface area contributed by atoms with Gasteiger partial charge in [0, 0.05) is 0 Å². The smallest absolute Gasteiger partial charge is 0.203 e. The first-order valence-electron chi connectivity index (χ1n) is 9.09. The first kappa shape index (κ1) is 19.0. The number of anilines is 1. The molecule has 1 aliphatic carbocycles. The summed E-state index contributed by atoms with van der Waals surface area (Å²) < 4.78 is 21.9. The van der Waals surface area contributed by atoms with Crippen molar-refractivity contribution in [3.8, 4) is 23.0 Å². The zero-order valence-corrected chi connectivity index (χ0v) is 16.4. The average molecular weight is 369 g/mol. The first-order chi connectivity index (χ1) is 13.1. The Morgan fingerprint density at radius 3 is 1.81 bits per heavy atom. The summed E-state index contributed by atoms with van der Waals surface area (Å²) in [4.78, 5) is 0. The molecule has 0 bridgehead atoms. The van der Waals surface area contributed by atoms with Crippen LogP contribution in [0.1, 0.15) is 36.8 Å². The van der Waals surface area contributed by atoms with E-state index in [2.05, 4.69) is 6.07 Å². The zero-order valence-electron chi connectivity index (χ0n) is 16.4. The summed E-state index contributed by atoms with van der Waals surface area (Å²) >= 11 is 0. The van der Waals surface area contributed by atoms with E-state index in [9.17, 15) is 0 Å². The summed E-state index contributed by atoms with van der Waals surface area (Å²) in [6.07, 6.45) is 4.57. The molecule has 2 aromatic carbocycles. The van der Waals surface area contributed by atoms with Gasteiger partial charge in [-0.3, -0.25) is 0 Å². The molecule has 3 rings (SSSR count). The molecule has 0 heterocycles. The van der Waals surface area contributed by atoms with Crippen LogP contribution in [-0.2, 0) is 0 Å². The second-order valence-corrected chi connectivity index (χ2v) is 6.56. The number of methoxy groups -OCH3 is 4. The molecule has 0 spiro atoms. The number of nitrogen functional groups attached to an aromatic ring is 1. The predicted octanol–water partition coefficient (Wildman–Crippen LogP) is 4.68. The summed E-state index contributed by atoms with van der Waals surface area (Å²) in [5.41, 5.74) is 11.5. The van der Waals surface area contributed by atoms with Crippen molar-refractivity contribution in [2.24, 2.45) is 0 Å². The molecule has 144 valence electrons. The molecule has 2 N–H and O–H groups in total. The van der Waals surface area contributed by atoms with E-state index >= 15 is 0 Å². The number of hydrogen-bond acceptors (Lipinski definition) is 5. The Balaban J connectivity index is 2.21. The van der Waals surface area contributed by atoms with Crippen LogP contribution in [0.25, 0.3) is 5.57 Å². The normalized spacial score (nSPS) is 13.4. The van der Waals surface area contributed by atoms with E-state index in [0.29, 0.717) is 28.7 Å². The highest BCUT2D eigenvalue weighted by molar-refractivity contribution is 5.86. The van der Waals surface area contributed by atoms with E-state index in [0.717, 1.165) is 24.0 Å². The molecule has 0 amide bonds. The molecular formula is C22H27NO4. The van der Waals surface area contributed by atoms with Gasteiger partial charge in [0.2, 0.25) is 5.75 Å². The molecule has 5 heteroatoms. The zero-order chi connectivity index (χ0) is 19.4. The minimum absolute atomic E-state index is 0.591. The van der Waals surface area contributed by atoms with Gasteiger partial charge in [0.1, 0.15) is 5.75 Å². The summed E-state index contributed by atoms with van der Waals surface area (Å²) in [5.74, 6) is 2.56. The number of benzene rings is 2. The molecular weight excluding hydrogens is 342 g/mol. The van der Waals surface area contributed by atoms with Crippen LogP contribution < -0.4 is 24.7 Å². The maximum Gasteiger partial charge on any atom is 0.203 e. The monoisotopic (exact) mass is 369 g/mol. The molecule has 0 radical (unpaired) electrons. The molecule has 0 saturated heterocycles. The first-order valence-corrected chi connectivity index (χ1v) is 9.09. The lowest BCUT2D eigenvalue weighted by Gasteiger charge is -2.18. The number of nitrogens with two attached hydrogens (primary N) is 1. The van der Waals surface area contributed by atoms with Crippen molar-refractivity contribution in [3.63, 3.8) is 0 Å². The van der Waals surface area contributed by atoms with Gasteiger partial charge in [-0.05, 0) is 66.6 Å². The van der Waals surface area contributed by atoms with E-state index in [1.165, 1.54) is 24.0 Å². The van der Waals surface area contributed by atoms with Gasteiger partial charge < -0.3 is 24.7 Å². The maximum atomic E-state index is 6.19. The van der Waals surface area contributed by atoms with Gasteiger partial charge in [0.25, 0.3) is 0 Å². The van der Waals surface area contributed by atoms with E-state index in [1.807, 2.05) is 24.3 Å². The van der Waals surface area contributed by atoms with Crippen molar-refractivity contribution in [1.29, 1.82) is 0 Å². The minimum atomic E-state index is 0.591. The van der Waals surface area contributed by atoms with Gasteiger partial charge in [0.05, 0.1) is 34.1 Å². The van der Waals surface area contributed by atoms with Gasteiger partial charge in [-0.15, -0.1) is 0 Å². The van der Waals surface area contributed by atoms with Crippen LogP contribution in [0.15, 0.2) is 35.9 Å². The quantitative estimate of drug-likeness (QED) is 0.749. The van der Waals surface area contributed by atoms with Gasteiger partial charge >= 0.3 is 0 Å². The highest BCUT2D eigenvalue weighted by atomic mass is 16.5. The molecule has 1 fully saturated rings. The number of rotatable bonds is 6. The maximum absolute atomic E-state index is 6.19. The van der Waals surface area contributed by atoms with Crippen molar-refractivity contribution in [3.05, 3.63) is 47.0 Å². The molecule has 0 unspecified atom stereocenters. The average Bonchev–Trinajstić information content (AvgIpc) is 3.21. The molecule has 27 heavy (non-hydrogen) atoms. The molecule has 2 aromatic rings. The lowest BCUT2D eigenvalue weighted by atomic mass is 9.91. The number of ether oxygens (including phenoxy) is 4. The molecule has 5 nitrogen and oxygen atoms in total. The van der Waals surface area contributed by atoms with Crippen molar-refractivity contribution in [2.45, 2.75) is 25.7 Å². The third-order valence-electron chi connectivity index (χ3n) is 5.03. The highest BCUT2D eigenvalue weighted by Gasteiger charge is 2.21. The minimum Gasteiger partial charge on any atom is -0.495 e. The van der Waals surface area contributed by atoms with Crippen molar-refractivity contribution < 1.29 is 18.9 Å². The molecule has 1 aliphatic rings. The molecule has 1 saturated carbocycles. The SMILES string of the molecule is COc1ccc(C(=C2CCCC2)c2cc(OC)c(OC)c(OC)c2)cc1N. The Kier molecular flexibility index (Phi) is 5.79. The van der Waals surface area contributed by atoms with Crippen LogP contribution in [0.4, 0.5) is 5.69 Å². The third kappa shape index (κ3) is 3.68. The van der Waals surface area contributed by atoms with Gasteiger partial charge in [0.15, 0.2) is 11.5 Å². The van der Waals surface area contributed by atoms with Crippen LogP contribution in [0.5, 0.6) is 23.0 Å². The Labute approximate surface area is 160 Å². The summed E-state index contributed by atoms with van der Waals surface area (Å²) in [6, 6.07) is 9.95. The van der Waals surface area contributed by atoms with E-state index in [4.69, 9.17) is 24.7 Å². The van der Waals surface area contributed by atoms with E-state index < -0.39 is 0 Å². The number of hydrogen-bond donors (Lipinski definition) is 1. The Morgan fingerprint density at radius 2 is 1.33 bits per heavy atom. The third-order valence-corrected chi connectivity index (χ3v) is 5.03. The van der Waals surface area contributed by atoms with Gasteiger partial charge in [-0.1, -0.05) is 11.6 Å². The van der Waals surface area contributed by atoms with E-state index in [1.54, 1.807) is 28.4 Å². The van der Waals surface area contributed by atoms with Crippen LogP contribution in [0, 0.1) is 0 Å². The van der Waals surface area contributed by atoms with Crippen molar-refractivity contribution in [2.75, 3.05) is 34.2 Å². The Hall–Kier alpha value is -2.82. The lowest BCUT2D eigenvalue weighted by Crippen LogP contribution is -2.00. The van der Waals surface area contributed by atoms with Crippen LogP contribution in [0.2, 0.25) is 0 Å². The summed E-state index contributed by atoms with van der Waals surface area (Å²) in [6.45, 7) is 0. The Bertz CT molecular complexity index is 824. The standard InChI is InChI=1S/C22H27NO4/c1-24-18-10-9-15(11-17(18)23)21(14-7-5-6-8-14)16-12-19(25-2)22(27-4)20(13-16)26-3/h9-13H,5-8,23H2,1-4H3. The number of allylic oxidation sites excluding steroid dienone is 1. The highest BCUT2D eigenvalue weighted by Crippen LogP contribution is 2.44. The largest absolute Gasteiger partial charge is 0.495 e. The second-order valence-electron chi connectivity index (χ2n) is 6.56. The summed E-state index contributed by atoms with van der Waals surface area (Å²) in [5, 5.41) is 0. The van der Waals surface area contributed by atoms with Crippen LogP contribution in [-0.4, -0.2) is 28.4 Å². The fourth-order valence-corrected chi connectivity index (χ4v) is 3.74. The van der Waals surface area contributed by atoms with Gasteiger partial charge in [-0.25, -0.2) is 0 Å². The lowest BCUT2D eigenvalue weighted by molar-refractivity contribution is 0.324. The van der Waals surface area contributed by atoms with Crippen molar-refractivity contribution >= 4 is 11.3 Å². The Morgan fingerprint density at radius 1 is 0.741 bits per heavy atom. The van der Waals surface area contributed by atoms with E-state index in [-0.39, 0.29) is 0 Å². The fraction of sp³-hybridized carbons (Fsp3) is 0.364. The second kappa shape index (κ2) is 8.25. The van der Waals surface area contributed by atoms with Crippen molar-refractivity contribution in [1.82, 2.24) is 0 Å². The van der Waals surface area contributed by atoms with Gasteiger partial charge in [-0.2, -0.15) is 0 Å². The predicted molar refractivity (Wildman–Crippen MR) is 108 cm³/mol. The van der Waals surface area contributed by atoms with Crippen LogP contribution >= 0.6 is 0 Å².